The van der Waals surface area contributed by atoms with Gasteiger partial charge in [-0.3, -0.25) is 0 Å². The van der Waals surface area contributed by atoms with Crippen LogP contribution in [0.5, 0.6) is 5.75 Å². The Morgan fingerprint density at radius 3 is 1.95 bits per heavy atom. The summed E-state index contributed by atoms with van der Waals surface area (Å²) in [4.78, 5) is 11.0. The molecule has 0 atom stereocenters. The van der Waals surface area contributed by atoms with Crippen LogP contribution in [0.3, 0.4) is 0 Å². The fourth-order valence-corrected chi connectivity index (χ4v) is 2.39. The first-order chi connectivity index (χ1) is 9.82. The number of nitrogens with zero attached hydrogens (tertiary/aromatic N) is 5. The quantitative estimate of drug-likeness (QED) is 0.239. The topological polar surface area (TPSA) is 148 Å². The van der Waals surface area contributed by atoms with E-state index in [4.69, 9.17) is 0 Å². The van der Waals surface area contributed by atoms with Gasteiger partial charge < -0.3 is 25.9 Å². The maximum Gasteiger partial charge on any atom is 0.333 e. The number of hydrogen-bond acceptors (Lipinski definition) is 7. The molecular formula is C10H11N5O6+2. The summed E-state index contributed by atoms with van der Waals surface area (Å²) in [5.74, 6) is -0.961. The molecule has 0 bridgehead atoms. The van der Waals surface area contributed by atoms with Crippen molar-refractivity contribution in [1.82, 2.24) is 9.46 Å². The van der Waals surface area contributed by atoms with Gasteiger partial charge >= 0.3 is 11.6 Å². The van der Waals surface area contributed by atoms with Gasteiger partial charge in [0.25, 0.3) is 22.1 Å². The van der Waals surface area contributed by atoms with Crippen molar-refractivity contribution in [3.63, 3.8) is 0 Å². The van der Waals surface area contributed by atoms with Crippen LogP contribution in [0, 0.1) is 18.8 Å². The number of phenols is 1. The maximum atomic E-state index is 11.0. The van der Waals surface area contributed by atoms with Crippen LogP contribution in [0.15, 0.2) is 5.18 Å². The Morgan fingerprint density at radius 1 is 0.952 bits per heavy atom. The molecule has 1 aromatic carbocycles. The Morgan fingerprint density at radius 2 is 1.43 bits per heavy atom. The number of imidazole rings is 2. The summed E-state index contributed by atoms with van der Waals surface area (Å²) in [5, 5.41) is 52.5. The van der Waals surface area contributed by atoms with Crippen molar-refractivity contribution in [3.8, 4) is 5.75 Å². The van der Waals surface area contributed by atoms with E-state index in [0.717, 1.165) is 0 Å². The highest BCUT2D eigenvalue weighted by atomic mass is 16.5. The Kier molecular flexibility index (Phi) is 2.22. The number of aromatic hydroxyl groups is 1. The molecule has 0 saturated heterocycles. The Hall–Kier alpha value is -3.24. The van der Waals surface area contributed by atoms with Crippen molar-refractivity contribution < 1.29 is 35.4 Å². The van der Waals surface area contributed by atoms with Crippen molar-refractivity contribution in [1.29, 1.82) is 0 Å². The molecule has 3 rings (SSSR count). The minimum absolute atomic E-state index is 0.104. The third-order valence-corrected chi connectivity index (χ3v) is 3.51. The van der Waals surface area contributed by atoms with Crippen LogP contribution < -0.4 is 9.46 Å². The third kappa shape index (κ3) is 1.22. The van der Waals surface area contributed by atoms with E-state index < -0.39 is 11.4 Å². The third-order valence-electron chi connectivity index (χ3n) is 3.51. The zero-order valence-electron chi connectivity index (χ0n) is 10.9. The van der Waals surface area contributed by atoms with Crippen LogP contribution in [-0.4, -0.2) is 35.4 Å². The second kappa shape index (κ2) is 3.65. The van der Waals surface area contributed by atoms with E-state index in [0.29, 0.717) is 18.9 Å². The van der Waals surface area contributed by atoms with E-state index in [1.54, 1.807) is 0 Å². The molecule has 3 aromatic rings. The largest absolute Gasteiger partial charge is 0.502 e. The molecule has 2 aromatic heterocycles. The molecule has 0 aliphatic carbocycles. The number of rotatable bonds is 1. The molecule has 2 heterocycles. The van der Waals surface area contributed by atoms with Crippen LogP contribution in [0.1, 0.15) is 11.6 Å². The van der Waals surface area contributed by atoms with E-state index in [1.807, 2.05) is 0 Å². The molecule has 0 aliphatic rings. The average molecular weight is 297 g/mol. The Bertz CT molecular complexity index is 940. The van der Waals surface area contributed by atoms with Gasteiger partial charge in [0.05, 0.1) is 0 Å². The van der Waals surface area contributed by atoms with E-state index in [-0.39, 0.29) is 33.7 Å². The van der Waals surface area contributed by atoms with Gasteiger partial charge in [0.1, 0.15) is 0 Å². The lowest BCUT2D eigenvalue weighted by molar-refractivity contribution is -0.891. The summed E-state index contributed by atoms with van der Waals surface area (Å²) >= 11 is 0. The average Bonchev–Trinajstić information content (AvgIpc) is 2.81. The second-order valence-electron chi connectivity index (χ2n) is 4.52. The normalized spacial score (nSPS) is 11.5. The highest BCUT2D eigenvalue weighted by Crippen LogP contribution is 2.40. The maximum absolute atomic E-state index is 11.0. The minimum atomic E-state index is -0.751. The van der Waals surface area contributed by atoms with Crippen LogP contribution >= 0.6 is 0 Å². The number of nitroso groups, excluding NO2 is 1. The molecule has 0 saturated carbocycles. The van der Waals surface area contributed by atoms with Crippen LogP contribution in [0.2, 0.25) is 0 Å². The first-order valence-electron chi connectivity index (χ1n) is 5.72. The van der Waals surface area contributed by atoms with Crippen molar-refractivity contribution >= 4 is 27.8 Å². The van der Waals surface area contributed by atoms with Crippen LogP contribution in [0.4, 0.5) is 5.69 Å². The number of fused-ring (bicyclic) bond motifs is 3. The molecule has 11 nitrogen and oxygen atoms in total. The molecule has 0 fully saturated rings. The van der Waals surface area contributed by atoms with Crippen molar-refractivity contribution in [2.75, 3.05) is 0 Å². The van der Waals surface area contributed by atoms with E-state index in [1.165, 1.54) is 13.8 Å². The smallest absolute Gasteiger partial charge is 0.333 e. The lowest BCUT2D eigenvalue weighted by Crippen LogP contribution is -2.33. The standard InChI is InChI=1S/C10H10N5O6/c1-3-12(18)6-5(11-17)10(16)9-8(7(6)13(3)19)14(20)4(2)15(9)21/h1-2H3,(H4-,16,17,18,19,20,21)/q+1/p+1. The van der Waals surface area contributed by atoms with Gasteiger partial charge in [0.15, 0.2) is 0 Å². The van der Waals surface area contributed by atoms with Crippen LogP contribution in [-0.2, 0) is 0 Å². The fraction of sp³-hybridized carbons (Fsp3) is 0.200. The SMILES string of the molecule is Cc1n(O)c2c(c(N=O)c(O)c3c2[n+](O)c(C)n3O)[n+]1O. The summed E-state index contributed by atoms with van der Waals surface area (Å²) in [5.41, 5.74) is -1.68. The first kappa shape index (κ1) is 12.8. The zero-order valence-corrected chi connectivity index (χ0v) is 10.9. The number of phenolic OH excluding ortho intramolecular Hbond substituents is 1. The lowest BCUT2D eigenvalue weighted by atomic mass is 10.2. The van der Waals surface area contributed by atoms with Gasteiger partial charge in [-0.2, -0.15) is 0 Å². The highest BCUT2D eigenvalue weighted by Gasteiger charge is 2.40. The second-order valence-corrected chi connectivity index (χ2v) is 4.52. The van der Waals surface area contributed by atoms with Crippen LogP contribution in [0.25, 0.3) is 22.1 Å². The predicted octanol–water partition coefficient (Wildman–Crippen LogP) is -0.159. The summed E-state index contributed by atoms with van der Waals surface area (Å²) in [6.07, 6.45) is 0. The summed E-state index contributed by atoms with van der Waals surface area (Å²) in [6, 6.07) is 0. The van der Waals surface area contributed by atoms with Gasteiger partial charge in [0.2, 0.25) is 11.4 Å². The molecule has 0 radical (unpaired) electrons. The summed E-state index contributed by atoms with van der Waals surface area (Å²) < 4.78 is 1.87. The molecule has 5 N–H and O–H groups in total. The van der Waals surface area contributed by atoms with Gasteiger partial charge in [-0.05, 0) is 24.1 Å². The molecule has 0 amide bonds. The zero-order chi connectivity index (χ0) is 15.6. The van der Waals surface area contributed by atoms with E-state index in [2.05, 4.69) is 5.18 Å². The number of aromatic nitrogens is 4. The monoisotopic (exact) mass is 297 g/mol. The van der Waals surface area contributed by atoms with Gasteiger partial charge in [-0.1, -0.05) is 0 Å². The molecule has 0 unspecified atom stereocenters. The van der Waals surface area contributed by atoms with Gasteiger partial charge in [-0.25, -0.2) is 0 Å². The molecule has 110 valence electrons. The minimum Gasteiger partial charge on any atom is -0.502 e. The van der Waals surface area contributed by atoms with Gasteiger partial charge in [0, 0.05) is 13.8 Å². The van der Waals surface area contributed by atoms with E-state index in [9.17, 15) is 30.8 Å². The number of hydrogen-bond donors (Lipinski definition) is 5. The summed E-state index contributed by atoms with van der Waals surface area (Å²) in [7, 11) is 0. The Balaban J connectivity index is 2.83. The molecule has 0 spiro atoms. The van der Waals surface area contributed by atoms with Crippen molar-refractivity contribution in [3.05, 3.63) is 16.6 Å². The summed E-state index contributed by atoms with van der Waals surface area (Å²) in [6.45, 7) is 2.64. The van der Waals surface area contributed by atoms with E-state index >= 15 is 0 Å². The molecule has 0 aliphatic heterocycles. The molecule has 21 heavy (non-hydrogen) atoms. The lowest BCUT2D eigenvalue weighted by Gasteiger charge is -1.95. The number of benzene rings is 1. The highest BCUT2D eigenvalue weighted by molar-refractivity contribution is 6.07. The molecule has 11 heteroatoms. The first-order valence-corrected chi connectivity index (χ1v) is 5.72. The molecular weight excluding hydrogens is 286 g/mol. The van der Waals surface area contributed by atoms with Gasteiger partial charge in [-0.15, -0.1) is 4.91 Å². The van der Waals surface area contributed by atoms with Crippen molar-refractivity contribution in [2.24, 2.45) is 5.18 Å². The Labute approximate surface area is 115 Å². The fourth-order valence-electron chi connectivity index (χ4n) is 2.39. The van der Waals surface area contributed by atoms with Crippen molar-refractivity contribution in [2.45, 2.75) is 13.8 Å². The predicted molar refractivity (Wildman–Crippen MR) is 63.2 cm³/mol.